The van der Waals surface area contributed by atoms with Gasteiger partial charge < -0.3 is 15.0 Å². The van der Waals surface area contributed by atoms with Crippen molar-refractivity contribution in [2.24, 2.45) is 0 Å². The summed E-state index contributed by atoms with van der Waals surface area (Å²) in [4.78, 5) is 13.6. The number of carbonyl (C=O) groups is 1. The van der Waals surface area contributed by atoms with Crippen molar-refractivity contribution >= 4 is 34.8 Å². The Morgan fingerprint density at radius 3 is 3.06 bits per heavy atom. The van der Waals surface area contributed by atoms with Crippen LogP contribution in [0.4, 0.5) is 5.69 Å². The zero-order valence-electron chi connectivity index (χ0n) is 9.69. The highest BCUT2D eigenvalue weighted by molar-refractivity contribution is 6.33. The average molecular weight is 291 g/mol. The van der Waals surface area contributed by atoms with E-state index in [1.807, 2.05) is 4.90 Å². The van der Waals surface area contributed by atoms with Gasteiger partial charge in [-0.3, -0.25) is 4.79 Å². The lowest BCUT2D eigenvalue weighted by Gasteiger charge is -2.36. The van der Waals surface area contributed by atoms with Crippen molar-refractivity contribution in [2.75, 3.05) is 31.7 Å². The van der Waals surface area contributed by atoms with E-state index in [0.29, 0.717) is 25.4 Å². The molecule has 1 aliphatic heterocycles. The molecule has 2 heterocycles. The van der Waals surface area contributed by atoms with Crippen molar-refractivity contribution in [2.45, 2.75) is 6.04 Å². The molecule has 98 valence electrons. The van der Waals surface area contributed by atoms with Crippen molar-refractivity contribution in [3.63, 3.8) is 0 Å². The first-order valence-corrected chi connectivity index (χ1v) is 6.13. The molecule has 0 radical (unpaired) electrons. The second-order valence-electron chi connectivity index (χ2n) is 3.74. The maximum absolute atomic E-state index is 11.8. The number of nitrogens with one attached hydrogen (secondary N) is 1. The highest BCUT2D eigenvalue weighted by Gasteiger charge is 2.30. The SMILES string of the molecule is CNC(=O)C1COCCN1c1cc(Cl)nnc1Cl. The number of carbonyl (C=O) groups excluding carboxylic acids is 1. The molecule has 1 fully saturated rings. The zero-order valence-corrected chi connectivity index (χ0v) is 11.2. The molecule has 1 aliphatic rings. The van der Waals surface area contributed by atoms with Gasteiger partial charge in [0.15, 0.2) is 10.3 Å². The molecule has 0 aromatic carbocycles. The molecule has 1 unspecified atom stereocenters. The minimum absolute atomic E-state index is 0.140. The van der Waals surface area contributed by atoms with E-state index >= 15 is 0 Å². The van der Waals surface area contributed by atoms with Crippen LogP contribution < -0.4 is 10.2 Å². The summed E-state index contributed by atoms with van der Waals surface area (Å²) in [5, 5.41) is 10.4. The number of nitrogens with zero attached hydrogens (tertiary/aromatic N) is 3. The van der Waals surface area contributed by atoms with E-state index in [1.54, 1.807) is 13.1 Å². The standard InChI is InChI=1S/C10H12Cl2N4O2/c1-13-10(17)7-5-18-3-2-16(7)6-4-8(11)14-15-9(6)12/h4,7H,2-3,5H2,1H3,(H,13,17). The molecular weight excluding hydrogens is 279 g/mol. The number of ether oxygens (including phenoxy) is 1. The first kappa shape index (κ1) is 13.3. The fourth-order valence-corrected chi connectivity index (χ4v) is 2.16. The van der Waals surface area contributed by atoms with Crippen LogP contribution in [0.5, 0.6) is 0 Å². The van der Waals surface area contributed by atoms with E-state index in [0.717, 1.165) is 0 Å². The molecule has 0 spiro atoms. The molecule has 2 rings (SSSR count). The highest BCUT2D eigenvalue weighted by Crippen LogP contribution is 2.28. The molecule has 1 saturated heterocycles. The summed E-state index contributed by atoms with van der Waals surface area (Å²) in [6, 6.07) is 1.15. The van der Waals surface area contributed by atoms with Gasteiger partial charge in [0.1, 0.15) is 6.04 Å². The number of amides is 1. The highest BCUT2D eigenvalue weighted by atomic mass is 35.5. The van der Waals surface area contributed by atoms with Crippen molar-refractivity contribution in [3.8, 4) is 0 Å². The minimum Gasteiger partial charge on any atom is -0.377 e. The van der Waals surface area contributed by atoms with E-state index in [9.17, 15) is 4.79 Å². The Morgan fingerprint density at radius 1 is 1.56 bits per heavy atom. The molecule has 1 aromatic rings. The molecule has 1 N–H and O–H groups in total. The second kappa shape index (κ2) is 5.69. The summed E-state index contributed by atoms with van der Waals surface area (Å²) < 4.78 is 5.31. The van der Waals surface area contributed by atoms with Gasteiger partial charge in [0.2, 0.25) is 5.91 Å². The second-order valence-corrected chi connectivity index (χ2v) is 4.49. The van der Waals surface area contributed by atoms with Gasteiger partial charge >= 0.3 is 0 Å². The summed E-state index contributed by atoms with van der Waals surface area (Å²) in [7, 11) is 1.58. The van der Waals surface area contributed by atoms with Crippen LogP contribution in [0.15, 0.2) is 6.07 Å². The van der Waals surface area contributed by atoms with E-state index in [4.69, 9.17) is 27.9 Å². The third-order valence-corrected chi connectivity index (χ3v) is 3.14. The average Bonchev–Trinajstić information content (AvgIpc) is 2.40. The number of halogens is 2. The van der Waals surface area contributed by atoms with Gasteiger partial charge in [0.05, 0.1) is 18.9 Å². The quantitative estimate of drug-likeness (QED) is 0.870. The predicted octanol–water partition coefficient (Wildman–Crippen LogP) is 0.735. The molecule has 8 heteroatoms. The summed E-state index contributed by atoms with van der Waals surface area (Å²) in [5.74, 6) is -0.140. The van der Waals surface area contributed by atoms with Crippen LogP contribution in [0.25, 0.3) is 0 Å². The molecule has 6 nitrogen and oxygen atoms in total. The molecule has 0 aliphatic carbocycles. The number of hydrogen-bond donors (Lipinski definition) is 1. The normalized spacial score (nSPS) is 19.7. The third-order valence-electron chi connectivity index (χ3n) is 2.69. The third kappa shape index (κ3) is 2.66. The fraction of sp³-hybridized carbons (Fsp3) is 0.500. The Balaban J connectivity index is 2.33. The number of morpholine rings is 1. The maximum atomic E-state index is 11.8. The van der Waals surface area contributed by atoms with Gasteiger partial charge in [-0.25, -0.2) is 0 Å². The molecule has 1 aromatic heterocycles. The lowest BCUT2D eigenvalue weighted by molar-refractivity contribution is -0.124. The summed E-state index contributed by atoms with van der Waals surface area (Å²) in [5.41, 5.74) is 0.591. The van der Waals surface area contributed by atoms with Crippen LogP contribution in [0.1, 0.15) is 0 Å². The predicted molar refractivity (Wildman–Crippen MR) is 68.1 cm³/mol. The smallest absolute Gasteiger partial charge is 0.244 e. The van der Waals surface area contributed by atoms with Gasteiger partial charge in [-0.05, 0) is 0 Å². The Hall–Kier alpha value is -1.11. The largest absolute Gasteiger partial charge is 0.377 e. The van der Waals surface area contributed by atoms with E-state index in [-0.39, 0.29) is 16.2 Å². The van der Waals surface area contributed by atoms with Crippen LogP contribution in [-0.2, 0) is 9.53 Å². The maximum Gasteiger partial charge on any atom is 0.244 e. The van der Waals surface area contributed by atoms with E-state index < -0.39 is 6.04 Å². The number of anilines is 1. The van der Waals surface area contributed by atoms with Crippen LogP contribution in [0.3, 0.4) is 0 Å². The Morgan fingerprint density at radius 2 is 2.33 bits per heavy atom. The van der Waals surface area contributed by atoms with Crippen LogP contribution in [-0.4, -0.2) is 49.0 Å². The summed E-state index contributed by atoms with van der Waals surface area (Å²) in [6.07, 6.45) is 0. The van der Waals surface area contributed by atoms with Gasteiger partial charge in [0.25, 0.3) is 0 Å². The minimum atomic E-state index is -0.443. The van der Waals surface area contributed by atoms with Gasteiger partial charge in [-0.1, -0.05) is 23.2 Å². The van der Waals surface area contributed by atoms with E-state index in [1.165, 1.54) is 0 Å². The topological polar surface area (TPSA) is 67.3 Å². The number of hydrogen-bond acceptors (Lipinski definition) is 5. The first-order chi connectivity index (χ1) is 8.63. The molecule has 0 saturated carbocycles. The van der Waals surface area contributed by atoms with Gasteiger partial charge in [-0.2, -0.15) is 0 Å². The van der Waals surface area contributed by atoms with Gasteiger partial charge in [-0.15, -0.1) is 10.2 Å². The molecule has 1 atom stereocenters. The fourth-order valence-electron chi connectivity index (χ4n) is 1.82. The Bertz CT molecular complexity index is 458. The lowest BCUT2D eigenvalue weighted by atomic mass is 10.2. The van der Waals surface area contributed by atoms with Crippen LogP contribution in [0.2, 0.25) is 10.3 Å². The van der Waals surface area contributed by atoms with Crippen molar-refractivity contribution in [3.05, 3.63) is 16.4 Å². The monoisotopic (exact) mass is 290 g/mol. The van der Waals surface area contributed by atoms with E-state index in [2.05, 4.69) is 15.5 Å². The molecule has 18 heavy (non-hydrogen) atoms. The van der Waals surface area contributed by atoms with Crippen molar-refractivity contribution in [1.82, 2.24) is 15.5 Å². The Kier molecular flexibility index (Phi) is 4.21. The van der Waals surface area contributed by atoms with Crippen molar-refractivity contribution in [1.29, 1.82) is 0 Å². The number of likely N-dealkylation sites (N-methyl/N-ethyl adjacent to an activating group) is 1. The number of rotatable bonds is 2. The Labute approximate surface area is 114 Å². The first-order valence-electron chi connectivity index (χ1n) is 5.38. The van der Waals surface area contributed by atoms with Crippen LogP contribution in [0, 0.1) is 0 Å². The lowest BCUT2D eigenvalue weighted by Crippen LogP contribution is -2.53. The summed E-state index contributed by atoms with van der Waals surface area (Å²) >= 11 is 11.8. The summed E-state index contributed by atoms with van der Waals surface area (Å²) in [6.45, 7) is 1.36. The van der Waals surface area contributed by atoms with Crippen molar-refractivity contribution < 1.29 is 9.53 Å². The number of aromatic nitrogens is 2. The van der Waals surface area contributed by atoms with Gasteiger partial charge in [0, 0.05) is 19.7 Å². The molecule has 1 amide bonds. The molecular formula is C10H12Cl2N4O2. The zero-order chi connectivity index (χ0) is 13.1. The van der Waals surface area contributed by atoms with Crippen LogP contribution >= 0.6 is 23.2 Å². The molecule has 0 bridgehead atoms.